The lowest BCUT2D eigenvalue weighted by atomic mass is 10.1. The van der Waals surface area contributed by atoms with Crippen molar-refractivity contribution in [1.82, 2.24) is 5.32 Å². The zero-order valence-corrected chi connectivity index (χ0v) is 13.5. The summed E-state index contributed by atoms with van der Waals surface area (Å²) in [4.78, 5) is 0. The molecule has 0 fully saturated rings. The van der Waals surface area contributed by atoms with Gasteiger partial charge in [-0.25, -0.2) is 4.57 Å². The van der Waals surface area contributed by atoms with Gasteiger partial charge >= 0.3 is 0 Å². The van der Waals surface area contributed by atoms with E-state index in [2.05, 4.69) is 78.6 Å². The number of fused-ring (bicyclic) bond motifs is 1. The van der Waals surface area contributed by atoms with Crippen LogP contribution >= 0.6 is 0 Å². The van der Waals surface area contributed by atoms with E-state index in [4.69, 9.17) is 0 Å². The Kier molecular flexibility index (Phi) is 5.73. The van der Waals surface area contributed by atoms with Crippen molar-refractivity contribution in [3.8, 4) is 0 Å². The first-order valence-corrected chi connectivity index (χ1v) is 7.45. The second-order valence-corrected chi connectivity index (χ2v) is 5.18. The maximum absolute atomic E-state index is 2.96. The van der Waals surface area contributed by atoms with Crippen molar-refractivity contribution in [3.63, 3.8) is 0 Å². The van der Waals surface area contributed by atoms with Crippen LogP contribution in [0.2, 0.25) is 0 Å². The Morgan fingerprint density at radius 2 is 1.91 bits per heavy atom. The molecule has 0 unspecified atom stereocenters. The summed E-state index contributed by atoms with van der Waals surface area (Å²) in [7, 11) is 3.96. The van der Waals surface area contributed by atoms with Gasteiger partial charge in [0.2, 0.25) is 5.52 Å². The Labute approximate surface area is 132 Å². The number of nitrogens with one attached hydrogen (secondary N) is 1. The van der Waals surface area contributed by atoms with Crippen LogP contribution in [-0.2, 0) is 7.05 Å². The molecule has 0 aliphatic carbocycles. The molecule has 112 valence electrons. The molecule has 22 heavy (non-hydrogen) atoms. The zero-order valence-electron chi connectivity index (χ0n) is 13.5. The van der Waals surface area contributed by atoms with Gasteiger partial charge in [-0.1, -0.05) is 48.1 Å². The summed E-state index contributed by atoms with van der Waals surface area (Å²) >= 11 is 0. The molecular weight excluding hydrogens is 268 g/mol. The topological polar surface area (TPSA) is 15.9 Å². The van der Waals surface area contributed by atoms with Crippen molar-refractivity contribution >= 4 is 17.0 Å². The minimum Gasteiger partial charge on any atom is -0.394 e. The smallest absolute Gasteiger partial charge is 0.212 e. The number of aryl methyl sites for hydroxylation is 1. The van der Waals surface area contributed by atoms with Gasteiger partial charge in [0.1, 0.15) is 7.05 Å². The summed E-state index contributed by atoms with van der Waals surface area (Å²) in [6.45, 7) is 2.10. The van der Waals surface area contributed by atoms with Crippen LogP contribution in [-0.4, -0.2) is 7.05 Å². The second kappa shape index (κ2) is 7.99. The predicted octanol–water partition coefficient (Wildman–Crippen LogP) is 3.91. The summed E-state index contributed by atoms with van der Waals surface area (Å²) in [6.07, 6.45) is 16.4. The monoisotopic (exact) mass is 291 g/mol. The van der Waals surface area contributed by atoms with E-state index in [-0.39, 0.29) is 0 Å². The minimum absolute atomic E-state index is 1.21. The number of hydrogen-bond acceptors (Lipinski definition) is 1. The summed E-state index contributed by atoms with van der Waals surface area (Å²) in [6, 6.07) is 10.6. The fourth-order valence-corrected chi connectivity index (χ4v) is 2.23. The van der Waals surface area contributed by atoms with E-state index in [1.165, 1.54) is 22.0 Å². The number of para-hydroxylation sites is 1. The van der Waals surface area contributed by atoms with Gasteiger partial charge in [0, 0.05) is 19.2 Å². The van der Waals surface area contributed by atoms with E-state index < -0.39 is 0 Å². The lowest BCUT2D eigenvalue weighted by molar-refractivity contribution is -0.644. The van der Waals surface area contributed by atoms with Crippen molar-refractivity contribution < 1.29 is 4.57 Å². The van der Waals surface area contributed by atoms with Gasteiger partial charge in [0.15, 0.2) is 6.20 Å². The number of hydrogen-bond donors (Lipinski definition) is 1. The van der Waals surface area contributed by atoms with Gasteiger partial charge in [-0.3, -0.25) is 0 Å². The molecule has 0 aliphatic heterocycles. The van der Waals surface area contributed by atoms with Gasteiger partial charge in [-0.15, -0.1) is 0 Å². The van der Waals surface area contributed by atoms with Gasteiger partial charge < -0.3 is 5.32 Å². The average molecular weight is 291 g/mol. The van der Waals surface area contributed by atoms with E-state index in [0.29, 0.717) is 0 Å². The molecule has 0 atom stereocenters. The van der Waals surface area contributed by atoms with Crippen molar-refractivity contribution in [2.75, 3.05) is 7.05 Å². The van der Waals surface area contributed by atoms with E-state index in [0.717, 1.165) is 0 Å². The Bertz CT molecular complexity index is 749. The molecule has 2 heteroatoms. The number of nitrogens with zero attached hydrogens (tertiary/aromatic N) is 1. The third-order valence-corrected chi connectivity index (χ3v) is 3.44. The third kappa shape index (κ3) is 4.19. The molecule has 2 aromatic rings. The first-order chi connectivity index (χ1) is 10.7. The van der Waals surface area contributed by atoms with Crippen LogP contribution in [0.5, 0.6) is 0 Å². The average Bonchev–Trinajstić information content (AvgIpc) is 2.54. The van der Waals surface area contributed by atoms with Gasteiger partial charge in [0.25, 0.3) is 0 Å². The van der Waals surface area contributed by atoms with Crippen molar-refractivity contribution in [1.29, 1.82) is 0 Å². The van der Waals surface area contributed by atoms with E-state index in [1.807, 2.05) is 31.5 Å². The Morgan fingerprint density at radius 1 is 1.09 bits per heavy atom. The van der Waals surface area contributed by atoms with E-state index >= 15 is 0 Å². The van der Waals surface area contributed by atoms with Crippen molar-refractivity contribution in [2.45, 2.75) is 6.92 Å². The fourth-order valence-electron chi connectivity index (χ4n) is 2.23. The lowest BCUT2D eigenvalue weighted by Gasteiger charge is -2.00. The molecule has 0 saturated carbocycles. The molecule has 1 N–H and O–H groups in total. The summed E-state index contributed by atoms with van der Waals surface area (Å²) in [5.74, 6) is 0. The minimum atomic E-state index is 1.21. The van der Waals surface area contributed by atoms with Gasteiger partial charge in [-0.05, 0) is 30.8 Å². The van der Waals surface area contributed by atoms with E-state index in [9.17, 15) is 0 Å². The molecule has 0 spiro atoms. The summed E-state index contributed by atoms with van der Waals surface area (Å²) < 4.78 is 2.15. The highest BCUT2D eigenvalue weighted by Crippen LogP contribution is 2.17. The summed E-state index contributed by atoms with van der Waals surface area (Å²) in [5, 5.41) is 4.22. The molecule has 0 bridgehead atoms. The molecule has 1 aromatic carbocycles. The van der Waals surface area contributed by atoms with Crippen LogP contribution < -0.4 is 9.88 Å². The number of benzene rings is 1. The zero-order chi connectivity index (χ0) is 15.8. The molecular formula is C20H23N2+. The maximum atomic E-state index is 2.96. The van der Waals surface area contributed by atoms with Crippen LogP contribution in [0.15, 0.2) is 78.7 Å². The summed E-state index contributed by atoms with van der Waals surface area (Å²) in [5.41, 5.74) is 3.69. The molecule has 1 heterocycles. The first-order valence-electron chi connectivity index (χ1n) is 7.45. The molecule has 0 saturated heterocycles. The van der Waals surface area contributed by atoms with E-state index in [1.54, 1.807) is 0 Å². The van der Waals surface area contributed by atoms with Crippen molar-refractivity contribution in [3.05, 3.63) is 84.2 Å². The quantitative estimate of drug-likeness (QED) is 0.652. The molecule has 2 rings (SSSR count). The standard InChI is InChI=1S/C20H22N2/c1-17(9-5-4-8-15-21-2)12-13-18-14-16-22(3)20-11-7-6-10-19(18)20/h4-16H,1-3H3/p+1. The highest BCUT2D eigenvalue weighted by Gasteiger charge is 2.06. The van der Waals surface area contributed by atoms with Crippen LogP contribution in [0.1, 0.15) is 12.5 Å². The normalized spacial score (nSPS) is 13.0. The van der Waals surface area contributed by atoms with Gasteiger partial charge in [0.05, 0.1) is 5.39 Å². The molecule has 2 nitrogen and oxygen atoms in total. The molecule has 1 aromatic heterocycles. The molecule has 0 amide bonds. The maximum Gasteiger partial charge on any atom is 0.212 e. The fraction of sp³-hybridized carbons (Fsp3) is 0.150. The Balaban J connectivity index is 2.20. The highest BCUT2D eigenvalue weighted by atomic mass is 14.9. The largest absolute Gasteiger partial charge is 0.394 e. The van der Waals surface area contributed by atoms with Crippen molar-refractivity contribution in [2.24, 2.45) is 7.05 Å². The van der Waals surface area contributed by atoms with Crippen LogP contribution in [0, 0.1) is 0 Å². The number of rotatable bonds is 5. The third-order valence-electron chi connectivity index (χ3n) is 3.44. The Hall–Kier alpha value is -2.61. The van der Waals surface area contributed by atoms with Gasteiger partial charge in [-0.2, -0.15) is 0 Å². The Morgan fingerprint density at radius 3 is 2.73 bits per heavy atom. The lowest BCUT2D eigenvalue weighted by Crippen LogP contribution is -2.28. The predicted molar refractivity (Wildman–Crippen MR) is 95.3 cm³/mol. The van der Waals surface area contributed by atoms with Crippen LogP contribution in [0.4, 0.5) is 0 Å². The highest BCUT2D eigenvalue weighted by molar-refractivity contribution is 5.85. The van der Waals surface area contributed by atoms with Crippen LogP contribution in [0.25, 0.3) is 17.0 Å². The SMILES string of the molecule is CNC=CC=CC=C(C)C=Cc1cc[n+](C)c2ccccc12. The molecule has 0 aliphatic rings. The number of allylic oxidation sites excluding steroid dienone is 6. The number of aromatic nitrogens is 1. The molecule has 0 radical (unpaired) electrons. The number of pyridine rings is 1. The van der Waals surface area contributed by atoms with Crippen LogP contribution in [0.3, 0.4) is 0 Å². The first kappa shape index (κ1) is 15.8. The second-order valence-electron chi connectivity index (χ2n) is 5.18.